The fraction of sp³-hybridized carbons (Fsp3) is 0.538. The van der Waals surface area contributed by atoms with Crippen LogP contribution in [0.15, 0.2) is 23.1 Å². The van der Waals surface area contributed by atoms with E-state index in [2.05, 4.69) is 5.32 Å². The van der Waals surface area contributed by atoms with Gasteiger partial charge in [-0.1, -0.05) is 0 Å². The number of nitro benzene ring substituents is 1. The van der Waals surface area contributed by atoms with E-state index in [9.17, 15) is 18.5 Å². The summed E-state index contributed by atoms with van der Waals surface area (Å²) in [7, 11) is -1.02. The lowest BCUT2D eigenvalue weighted by Crippen LogP contribution is -2.43. The number of nitro groups is 1. The second-order valence-corrected chi connectivity index (χ2v) is 7.06. The van der Waals surface area contributed by atoms with Crippen LogP contribution >= 0.6 is 12.4 Å². The summed E-state index contributed by atoms with van der Waals surface area (Å²) in [5, 5.41) is 14.1. The molecule has 10 heteroatoms. The highest BCUT2D eigenvalue weighted by molar-refractivity contribution is 7.89. The summed E-state index contributed by atoms with van der Waals surface area (Å²) >= 11 is 0. The van der Waals surface area contributed by atoms with Crippen molar-refractivity contribution in [1.29, 1.82) is 0 Å². The predicted molar refractivity (Wildman–Crippen MR) is 87.7 cm³/mol. The van der Waals surface area contributed by atoms with E-state index in [0.717, 1.165) is 19.2 Å². The molecule has 1 aliphatic heterocycles. The third kappa shape index (κ3) is 4.11. The van der Waals surface area contributed by atoms with Crippen LogP contribution in [-0.4, -0.2) is 50.9 Å². The monoisotopic (exact) mass is 365 g/mol. The Kier molecular flexibility index (Phi) is 6.75. The van der Waals surface area contributed by atoms with Crippen LogP contribution in [0.3, 0.4) is 0 Å². The highest BCUT2D eigenvalue weighted by Gasteiger charge is 2.32. The molecule has 0 aromatic heterocycles. The summed E-state index contributed by atoms with van der Waals surface area (Å²) < 4.78 is 31.9. The molecule has 1 fully saturated rings. The van der Waals surface area contributed by atoms with Crippen LogP contribution in [-0.2, 0) is 10.0 Å². The van der Waals surface area contributed by atoms with Crippen molar-refractivity contribution in [3.63, 3.8) is 0 Å². The molecule has 8 nitrogen and oxygen atoms in total. The molecule has 1 aromatic carbocycles. The van der Waals surface area contributed by atoms with Gasteiger partial charge in [-0.05, 0) is 32.0 Å². The van der Waals surface area contributed by atoms with Crippen LogP contribution in [0.25, 0.3) is 0 Å². The first kappa shape index (κ1) is 19.6. The number of nitrogens with one attached hydrogen (secondary N) is 1. The summed E-state index contributed by atoms with van der Waals surface area (Å²) in [6.07, 6.45) is 1.40. The first-order valence-corrected chi connectivity index (χ1v) is 8.33. The van der Waals surface area contributed by atoms with Crippen molar-refractivity contribution < 1.29 is 18.1 Å². The molecule has 0 atom stereocenters. The fourth-order valence-corrected chi connectivity index (χ4v) is 4.09. The van der Waals surface area contributed by atoms with Crippen LogP contribution in [0.5, 0.6) is 5.75 Å². The van der Waals surface area contributed by atoms with Gasteiger partial charge in [0.25, 0.3) is 5.69 Å². The van der Waals surface area contributed by atoms with E-state index in [1.165, 1.54) is 30.6 Å². The first-order valence-electron chi connectivity index (χ1n) is 6.89. The Bertz CT molecular complexity index is 662. The van der Waals surface area contributed by atoms with Crippen LogP contribution in [0.4, 0.5) is 5.69 Å². The summed E-state index contributed by atoms with van der Waals surface area (Å²) in [6.45, 7) is 1.49. The maximum atomic E-state index is 12.8. The zero-order chi connectivity index (χ0) is 16.3. The SMILES string of the molecule is COc1ccc([N+](=O)[O-])cc1S(=O)(=O)N(C)C1CCNCC1.Cl. The second-order valence-electron chi connectivity index (χ2n) is 5.09. The zero-order valence-corrected chi connectivity index (χ0v) is 14.5. The van der Waals surface area contributed by atoms with E-state index < -0.39 is 14.9 Å². The van der Waals surface area contributed by atoms with Gasteiger partial charge in [0, 0.05) is 25.2 Å². The minimum Gasteiger partial charge on any atom is -0.495 e. The molecule has 2 rings (SSSR count). The number of sulfonamides is 1. The standard InChI is InChI=1S/C13H19N3O5S.ClH/c1-15(10-5-7-14-8-6-10)22(19,20)13-9-11(16(17)18)3-4-12(13)21-2;/h3-4,9-10,14H,5-8H2,1-2H3;1H. The number of halogens is 1. The number of hydrogen-bond donors (Lipinski definition) is 1. The normalized spacial score (nSPS) is 16.0. The fourth-order valence-electron chi connectivity index (χ4n) is 2.50. The number of non-ortho nitro benzene ring substituents is 1. The molecule has 1 aromatic rings. The maximum Gasteiger partial charge on any atom is 0.271 e. The Morgan fingerprint density at radius 1 is 1.35 bits per heavy atom. The van der Waals surface area contributed by atoms with E-state index in [4.69, 9.17) is 4.74 Å². The maximum absolute atomic E-state index is 12.8. The molecule has 23 heavy (non-hydrogen) atoms. The third-order valence-corrected chi connectivity index (χ3v) is 5.77. The Morgan fingerprint density at radius 3 is 2.48 bits per heavy atom. The Balaban J connectivity index is 0.00000264. The molecule has 1 saturated heterocycles. The molecular formula is C13H20ClN3O5S. The lowest BCUT2D eigenvalue weighted by atomic mass is 10.1. The molecule has 0 unspecified atom stereocenters. The number of methoxy groups -OCH3 is 1. The van der Waals surface area contributed by atoms with Gasteiger partial charge in [0.2, 0.25) is 10.0 Å². The summed E-state index contributed by atoms with van der Waals surface area (Å²) in [4.78, 5) is 10.1. The molecule has 1 aliphatic rings. The number of nitrogens with zero attached hydrogens (tertiary/aromatic N) is 2. The van der Waals surface area contributed by atoms with Crippen molar-refractivity contribution in [2.24, 2.45) is 0 Å². The van der Waals surface area contributed by atoms with Gasteiger partial charge in [0.05, 0.1) is 12.0 Å². The van der Waals surface area contributed by atoms with Gasteiger partial charge < -0.3 is 10.1 Å². The van der Waals surface area contributed by atoms with Crippen molar-refractivity contribution in [2.45, 2.75) is 23.8 Å². The lowest BCUT2D eigenvalue weighted by Gasteiger charge is -2.31. The smallest absolute Gasteiger partial charge is 0.271 e. The van der Waals surface area contributed by atoms with E-state index in [0.29, 0.717) is 12.8 Å². The van der Waals surface area contributed by atoms with Crippen molar-refractivity contribution >= 4 is 28.1 Å². The van der Waals surface area contributed by atoms with E-state index >= 15 is 0 Å². The molecule has 0 spiro atoms. The van der Waals surface area contributed by atoms with Crippen molar-refractivity contribution in [2.75, 3.05) is 27.2 Å². The number of benzene rings is 1. The number of rotatable bonds is 5. The van der Waals surface area contributed by atoms with Crippen LogP contribution in [0, 0.1) is 10.1 Å². The lowest BCUT2D eigenvalue weighted by molar-refractivity contribution is -0.385. The van der Waals surface area contributed by atoms with Gasteiger partial charge in [-0.3, -0.25) is 10.1 Å². The predicted octanol–water partition coefficient (Wildman–Crippen LogP) is 1.40. The van der Waals surface area contributed by atoms with Gasteiger partial charge >= 0.3 is 0 Å². The Morgan fingerprint density at radius 2 is 1.96 bits per heavy atom. The molecule has 0 bridgehead atoms. The second kappa shape index (κ2) is 7.91. The van der Waals surface area contributed by atoms with Crippen LogP contribution in [0.1, 0.15) is 12.8 Å². The molecule has 1 heterocycles. The molecule has 0 amide bonds. The molecular weight excluding hydrogens is 346 g/mol. The van der Waals surface area contributed by atoms with Crippen LogP contribution < -0.4 is 10.1 Å². The highest BCUT2D eigenvalue weighted by Crippen LogP contribution is 2.31. The first-order chi connectivity index (χ1) is 10.4. The van der Waals surface area contributed by atoms with Crippen molar-refractivity contribution in [3.05, 3.63) is 28.3 Å². The quantitative estimate of drug-likeness (QED) is 0.625. The summed E-state index contributed by atoms with van der Waals surface area (Å²) in [5.41, 5.74) is -0.280. The Labute approximate surface area is 141 Å². The molecule has 1 N–H and O–H groups in total. The summed E-state index contributed by atoms with van der Waals surface area (Å²) in [6, 6.07) is 3.45. The van der Waals surface area contributed by atoms with Crippen LogP contribution in [0.2, 0.25) is 0 Å². The van der Waals surface area contributed by atoms with Crippen molar-refractivity contribution in [3.8, 4) is 5.75 Å². The number of hydrogen-bond acceptors (Lipinski definition) is 6. The topological polar surface area (TPSA) is 102 Å². The molecule has 0 radical (unpaired) electrons. The van der Waals surface area contributed by atoms with Gasteiger partial charge in [-0.15, -0.1) is 12.4 Å². The van der Waals surface area contributed by atoms with Gasteiger partial charge in [0.1, 0.15) is 10.6 Å². The average molecular weight is 366 g/mol. The van der Waals surface area contributed by atoms with Gasteiger partial charge in [-0.2, -0.15) is 4.31 Å². The van der Waals surface area contributed by atoms with Gasteiger partial charge in [-0.25, -0.2) is 8.42 Å². The van der Waals surface area contributed by atoms with Gasteiger partial charge in [0.15, 0.2) is 0 Å². The Hall–Kier alpha value is -1.42. The molecule has 130 valence electrons. The van der Waals surface area contributed by atoms with E-state index in [-0.39, 0.29) is 34.8 Å². The molecule has 0 saturated carbocycles. The highest BCUT2D eigenvalue weighted by atomic mass is 35.5. The minimum atomic E-state index is -3.86. The van der Waals surface area contributed by atoms with Crippen molar-refractivity contribution in [1.82, 2.24) is 9.62 Å². The van der Waals surface area contributed by atoms with E-state index in [1.54, 1.807) is 0 Å². The van der Waals surface area contributed by atoms with E-state index in [1.807, 2.05) is 0 Å². The summed E-state index contributed by atoms with van der Waals surface area (Å²) in [5.74, 6) is 0.103. The molecule has 0 aliphatic carbocycles. The number of piperidine rings is 1. The number of ether oxygens (including phenoxy) is 1. The minimum absolute atomic E-state index is 0. The zero-order valence-electron chi connectivity index (χ0n) is 12.9. The average Bonchev–Trinajstić information content (AvgIpc) is 2.54. The third-order valence-electron chi connectivity index (χ3n) is 3.84. The largest absolute Gasteiger partial charge is 0.495 e.